The molecule has 1 aromatic carbocycles. The van der Waals surface area contributed by atoms with Crippen LogP contribution in [-0.2, 0) is 25.0 Å². The maximum Gasteiger partial charge on any atom is 0.229 e. The topological polar surface area (TPSA) is 79.1 Å². The minimum absolute atomic E-state index is 0.337. The minimum Gasteiger partial charge on any atom is -0.384 e. The molecule has 4 aromatic rings. The van der Waals surface area contributed by atoms with Gasteiger partial charge in [0.25, 0.3) is 0 Å². The molecular weight excluding hydrogens is 467 g/mol. The Hall–Kier alpha value is -3.36. The highest BCUT2D eigenvalue weighted by Crippen LogP contribution is 2.45. The zero-order valence-electron chi connectivity index (χ0n) is 21.3. The molecule has 7 nitrogen and oxygen atoms in total. The molecule has 7 rings (SSSR count). The fraction of sp³-hybridized carbons (Fsp3) is 0.414. The van der Waals surface area contributed by atoms with Gasteiger partial charge in [-0.1, -0.05) is 13.0 Å². The van der Waals surface area contributed by atoms with Crippen molar-refractivity contribution in [3.05, 3.63) is 70.4 Å². The van der Waals surface area contributed by atoms with Crippen LogP contribution in [0.5, 0.6) is 0 Å². The third-order valence-corrected chi connectivity index (χ3v) is 8.38. The third-order valence-electron chi connectivity index (χ3n) is 8.38. The van der Waals surface area contributed by atoms with Gasteiger partial charge in [0.2, 0.25) is 5.95 Å². The van der Waals surface area contributed by atoms with Crippen LogP contribution in [0.15, 0.2) is 36.7 Å². The Labute approximate surface area is 215 Å². The molecule has 1 saturated carbocycles. The van der Waals surface area contributed by atoms with Crippen LogP contribution in [0.3, 0.4) is 0 Å². The lowest BCUT2D eigenvalue weighted by atomic mass is 9.91. The number of aryl methyl sites for hydroxylation is 1. The van der Waals surface area contributed by atoms with Crippen LogP contribution in [0.25, 0.3) is 16.9 Å². The lowest BCUT2D eigenvalue weighted by Crippen LogP contribution is -2.27. The van der Waals surface area contributed by atoms with Crippen molar-refractivity contribution in [1.82, 2.24) is 24.4 Å². The van der Waals surface area contributed by atoms with E-state index in [0.717, 1.165) is 37.2 Å². The zero-order chi connectivity index (χ0) is 25.3. The van der Waals surface area contributed by atoms with E-state index in [1.807, 2.05) is 19.1 Å². The van der Waals surface area contributed by atoms with Crippen molar-refractivity contribution in [2.45, 2.75) is 63.5 Å². The number of likely N-dealkylation sites (N-methyl/N-ethyl adjacent to an activating group) is 1. The number of aromatic nitrogens is 4. The highest BCUT2D eigenvalue weighted by atomic mass is 19.1. The van der Waals surface area contributed by atoms with Crippen molar-refractivity contribution in [3.8, 4) is 5.82 Å². The Morgan fingerprint density at radius 2 is 2.03 bits per heavy atom. The number of anilines is 2. The van der Waals surface area contributed by atoms with Gasteiger partial charge in [-0.3, -0.25) is 4.57 Å². The maximum absolute atomic E-state index is 14.9. The van der Waals surface area contributed by atoms with Crippen LogP contribution in [0.4, 0.5) is 16.0 Å². The van der Waals surface area contributed by atoms with Crippen molar-refractivity contribution < 1.29 is 9.50 Å². The Morgan fingerprint density at radius 1 is 1.16 bits per heavy atom. The lowest BCUT2D eigenvalue weighted by Gasteiger charge is -2.28. The Kier molecular flexibility index (Phi) is 5.13. The van der Waals surface area contributed by atoms with Gasteiger partial charge in [0.15, 0.2) is 11.5 Å². The first-order valence-electron chi connectivity index (χ1n) is 13.3. The van der Waals surface area contributed by atoms with Crippen LogP contribution in [0.1, 0.15) is 66.5 Å². The Balaban J connectivity index is 1.27. The molecule has 3 aromatic heterocycles. The van der Waals surface area contributed by atoms with Crippen molar-refractivity contribution in [2.24, 2.45) is 0 Å². The Bertz CT molecular complexity index is 1540. The van der Waals surface area contributed by atoms with Crippen LogP contribution in [-0.4, -0.2) is 43.1 Å². The van der Waals surface area contributed by atoms with E-state index in [0.29, 0.717) is 47.3 Å². The van der Waals surface area contributed by atoms with Crippen LogP contribution >= 0.6 is 0 Å². The number of nitrogens with one attached hydrogen (secondary N) is 1. The first-order chi connectivity index (χ1) is 17.9. The molecule has 1 fully saturated rings. The molecule has 0 saturated heterocycles. The summed E-state index contributed by atoms with van der Waals surface area (Å²) in [7, 11) is 2.16. The number of fused-ring (bicyclic) bond motifs is 3. The van der Waals surface area contributed by atoms with Crippen molar-refractivity contribution in [2.75, 3.05) is 18.9 Å². The molecule has 3 aliphatic rings. The standard InChI is InChI=1S/C29H31FN6O/c1-3-29(37)10-8-18-6-7-25(33-26(18)29)36-16-24(30)23-14-31-28(34-27(23)36)32-20-12-19-15-35(2)11-9-21(19)22(13-20)17-4-5-17/h6-7,12-14,16-17,37H,3-5,8-11,15H2,1-2H3,(H,31,32,34)/t29-/m1/s1. The number of halogens is 1. The maximum atomic E-state index is 14.9. The summed E-state index contributed by atoms with van der Waals surface area (Å²) in [4.78, 5) is 16.3. The summed E-state index contributed by atoms with van der Waals surface area (Å²) in [5.41, 5.74) is 6.54. The molecule has 2 N–H and O–H groups in total. The van der Waals surface area contributed by atoms with Gasteiger partial charge in [-0.25, -0.2) is 14.4 Å². The molecule has 4 heterocycles. The summed E-state index contributed by atoms with van der Waals surface area (Å²) in [5, 5.41) is 14.8. The smallest absolute Gasteiger partial charge is 0.229 e. The SMILES string of the molecule is CC[C@@]1(O)CCc2ccc(-n3cc(F)c4cnc(Nc5cc6c(c(C7CC7)c5)CCN(C)C6)nc43)nc21. The summed E-state index contributed by atoms with van der Waals surface area (Å²) < 4.78 is 16.6. The van der Waals surface area contributed by atoms with E-state index in [1.54, 1.807) is 4.57 Å². The zero-order valence-corrected chi connectivity index (χ0v) is 21.3. The number of hydrogen-bond donors (Lipinski definition) is 2. The molecule has 0 radical (unpaired) electrons. The molecule has 1 atom stereocenters. The summed E-state index contributed by atoms with van der Waals surface area (Å²) >= 11 is 0. The molecule has 0 unspecified atom stereocenters. The quantitative estimate of drug-likeness (QED) is 0.398. The van der Waals surface area contributed by atoms with Gasteiger partial charge in [-0.2, -0.15) is 4.98 Å². The largest absolute Gasteiger partial charge is 0.384 e. The molecule has 2 aliphatic carbocycles. The van der Waals surface area contributed by atoms with Crippen LogP contribution in [0, 0.1) is 5.82 Å². The van der Waals surface area contributed by atoms with E-state index in [-0.39, 0.29) is 0 Å². The van der Waals surface area contributed by atoms with Crippen molar-refractivity contribution >= 4 is 22.7 Å². The Morgan fingerprint density at radius 3 is 2.84 bits per heavy atom. The number of aliphatic hydroxyl groups is 1. The molecule has 1 aliphatic heterocycles. The van der Waals surface area contributed by atoms with Gasteiger partial charge in [0.05, 0.1) is 11.1 Å². The van der Waals surface area contributed by atoms with Crippen LogP contribution < -0.4 is 5.32 Å². The summed E-state index contributed by atoms with van der Waals surface area (Å²) in [6, 6.07) is 8.31. The van der Waals surface area contributed by atoms with E-state index in [1.165, 1.54) is 41.9 Å². The van der Waals surface area contributed by atoms with Gasteiger partial charge in [-0.15, -0.1) is 0 Å². The first-order valence-corrected chi connectivity index (χ1v) is 13.3. The molecule has 0 spiro atoms. The number of rotatable bonds is 5. The average Bonchev–Trinajstić information content (AvgIpc) is 3.63. The molecule has 0 bridgehead atoms. The summed E-state index contributed by atoms with van der Waals surface area (Å²) in [6.07, 6.45) is 8.57. The van der Waals surface area contributed by atoms with E-state index in [4.69, 9.17) is 9.97 Å². The third kappa shape index (κ3) is 3.81. The normalized spacial score (nSPS) is 21.3. The highest BCUT2D eigenvalue weighted by molar-refractivity contribution is 5.79. The summed E-state index contributed by atoms with van der Waals surface area (Å²) in [5.74, 6) is 1.21. The van der Waals surface area contributed by atoms with E-state index < -0.39 is 11.4 Å². The first kappa shape index (κ1) is 22.8. The van der Waals surface area contributed by atoms with E-state index >= 15 is 0 Å². The number of hydrogen-bond acceptors (Lipinski definition) is 6. The average molecular weight is 499 g/mol. The van der Waals surface area contributed by atoms with Gasteiger partial charge >= 0.3 is 0 Å². The van der Waals surface area contributed by atoms with Gasteiger partial charge < -0.3 is 15.3 Å². The van der Waals surface area contributed by atoms with Gasteiger partial charge in [0.1, 0.15) is 11.4 Å². The minimum atomic E-state index is -0.936. The fourth-order valence-electron chi connectivity index (χ4n) is 6.06. The molecular formula is C29H31FN6O. The number of nitrogens with zero attached hydrogens (tertiary/aromatic N) is 5. The van der Waals surface area contributed by atoms with Crippen molar-refractivity contribution in [1.29, 1.82) is 0 Å². The summed E-state index contributed by atoms with van der Waals surface area (Å²) in [6.45, 7) is 3.99. The molecule has 0 amide bonds. The van der Waals surface area contributed by atoms with Crippen LogP contribution in [0.2, 0.25) is 0 Å². The number of benzene rings is 1. The molecule has 190 valence electrons. The van der Waals surface area contributed by atoms with Gasteiger partial charge in [0, 0.05) is 31.2 Å². The van der Waals surface area contributed by atoms with E-state index in [2.05, 4.69) is 34.4 Å². The van der Waals surface area contributed by atoms with Crippen molar-refractivity contribution in [3.63, 3.8) is 0 Å². The van der Waals surface area contributed by atoms with E-state index in [9.17, 15) is 9.50 Å². The molecule has 37 heavy (non-hydrogen) atoms. The second kappa shape index (κ2) is 8.33. The fourth-order valence-corrected chi connectivity index (χ4v) is 6.06. The monoisotopic (exact) mass is 498 g/mol. The highest BCUT2D eigenvalue weighted by Gasteiger charge is 2.37. The number of pyridine rings is 1. The predicted molar refractivity (Wildman–Crippen MR) is 141 cm³/mol. The second-order valence-electron chi connectivity index (χ2n) is 10.9. The van der Waals surface area contributed by atoms with Gasteiger partial charge in [-0.05, 0) is 91.9 Å². The predicted octanol–water partition coefficient (Wildman–Crippen LogP) is 5.11. The second-order valence-corrected chi connectivity index (χ2v) is 10.9. The molecule has 8 heteroatoms. The lowest BCUT2D eigenvalue weighted by molar-refractivity contribution is 0.0306.